The van der Waals surface area contributed by atoms with Crippen molar-refractivity contribution >= 4 is 45.4 Å². The van der Waals surface area contributed by atoms with E-state index >= 15 is 0 Å². The van der Waals surface area contributed by atoms with Gasteiger partial charge >= 0.3 is 51.4 Å². The summed E-state index contributed by atoms with van der Waals surface area (Å²) in [5.41, 5.74) is 0.891. The standard InChI is InChI=1S/C11H12N2O3S4.K/c14-20(15,16)8-4-7-18-10-12-13(11(17)19-10)9-5-2-1-3-6-9;/h1-3,5-6H,4,7-8H2,(H,14,15,16);/q;+1/p-1. The van der Waals surface area contributed by atoms with Crippen LogP contribution in [-0.4, -0.2) is 34.3 Å². The van der Waals surface area contributed by atoms with E-state index in [0.29, 0.717) is 16.1 Å². The van der Waals surface area contributed by atoms with Gasteiger partial charge in [-0.15, -0.1) is 5.10 Å². The molecule has 0 amide bonds. The third kappa shape index (κ3) is 6.89. The van der Waals surface area contributed by atoms with E-state index in [-0.39, 0.29) is 57.1 Å². The number of aromatic nitrogens is 2. The maximum Gasteiger partial charge on any atom is 1.00 e. The number of rotatable bonds is 6. The maximum atomic E-state index is 10.5. The van der Waals surface area contributed by atoms with Crippen molar-refractivity contribution in [1.82, 2.24) is 9.78 Å². The third-order valence-corrected chi connectivity index (χ3v) is 5.53. The molecule has 0 spiro atoms. The van der Waals surface area contributed by atoms with E-state index in [1.54, 1.807) is 4.68 Å². The van der Waals surface area contributed by atoms with Crippen LogP contribution in [0.15, 0.2) is 34.7 Å². The monoisotopic (exact) mass is 386 g/mol. The Hall–Kier alpha value is 0.896. The van der Waals surface area contributed by atoms with Crippen LogP contribution in [0.3, 0.4) is 0 Å². The van der Waals surface area contributed by atoms with Crippen LogP contribution in [-0.2, 0) is 10.1 Å². The largest absolute Gasteiger partial charge is 1.00 e. The molecule has 0 atom stereocenters. The average Bonchev–Trinajstić information content (AvgIpc) is 2.76. The minimum atomic E-state index is -4.13. The summed E-state index contributed by atoms with van der Waals surface area (Å²) in [4.78, 5) is 0. The fourth-order valence-corrected chi connectivity index (χ4v) is 4.50. The van der Waals surface area contributed by atoms with Gasteiger partial charge in [-0.2, -0.15) is 0 Å². The number of hydrogen-bond acceptors (Lipinski definition) is 7. The number of thioether (sulfide) groups is 1. The zero-order valence-corrected chi connectivity index (χ0v) is 17.6. The van der Waals surface area contributed by atoms with Crippen LogP contribution >= 0.6 is 35.3 Å². The van der Waals surface area contributed by atoms with Gasteiger partial charge in [0.05, 0.1) is 15.8 Å². The molecular formula is C11H11KN2O3S4. The second-order valence-corrected chi connectivity index (χ2v) is 8.33. The third-order valence-electron chi connectivity index (χ3n) is 2.29. The van der Waals surface area contributed by atoms with Crippen LogP contribution in [0.25, 0.3) is 5.69 Å². The van der Waals surface area contributed by atoms with Crippen molar-refractivity contribution in [2.75, 3.05) is 11.5 Å². The molecule has 2 rings (SSSR count). The molecule has 0 aliphatic carbocycles. The minimum Gasteiger partial charge on any atom is -0.748 e. The molecule has 0 radical (unpaired) electrons. The van der Waals surface area contributed by atoms with Gasteiger partial charge in [0.2, 0.25) is 0 Å². The molecule has 0 fully saturated rings. The normalized spacial score (nSPS) is 11.1. The van der Waals surface area contributed by atoms with Gasteiger partial charge in [-0.25, -0.2) is 13.1 Å². The molecule has 0 bridgehead atoms. The minimum absolute atomic E-state index is 0. The predicted molar refractivity (Wildman–Crippen MR) is 82.2 cm³/mol. The number of para-hydroxylation sites is 1. The fourth-order valence-electron chi connectivity index (χ4n) is 1.45. The summed E-state index contributed by atoms with van der Waals surface area (Å²) in [6.07, 6.45) is 0.314. The van der Waals surface area contributed by atoms with Gasteiger partial charge in [0.15, 0.2) is 8.29 Å². The molecule has 1 aromatic heterocycles. The van der Waals surface area contributed by atoms with E-state index in [0.717, 1.165) is 10.0 Å². The second-order valence-electron chi connectivity index (χ2n) is 3.85. The van der Waals surface area contributed by atoms with E-state index in [2.05, 4.69) is 5.10 Å². The summed E-state index contributed by atoms with van der Waals surface area (Å²) >= 11 is 8.03. The molecule has 1 heterocycles. The molecule has 0 saturated heterocycles. The average molecular weight is 387 g/mol. The zero-order chi connectivity index (χ0) is 14.6. The number of nitrogens with zero attached hydrogens (tertiary/aromatic N) is 2. The first-order valence-electron chi connectivity index (χ1n) is 5.68. The topological polar surface area (TPSA) is 75.0 Å². The Morgan fingerprint density at radius 2 is 2.00 bits per heavy atom. The molecule has 5 nitrogen and oxygen atoms in total. The van der Waals surface area contributed by atoms with E-state index in [9.17, 15) is 13.0 Å². The maximum absolute atomic E-state index is 10.5. The molecule has 0 aliphatic heterocycles. The van der Waals surface area contributed by atoms with Crippen molar-refractivity contribution in [2.24, 2.45) is 0 Å². The molecule has 10 heteroatoms. The Labute approximate surface area is 179 Å². The van der Waals surface area contributed by atoms with Crippen LogP contribution in [0.4, 0.5) is 0 Å². The van der Waals surface area contributed by atoms with Crippen molar-refractivity contribution in [3.8, 4) is 5.69 Å². The molecule has 1 aromatic carbocycles. The van der Waals surface area contributed by atoms with E-state index in [1.165, 1.54) is 23.1 Å². The van der Waals surface area contributed by atoms with E-state index in [1.807, 2.05) is 30.3 Å². The van der Waals surface area contributed by atoms with Gasteiger partial charge in [0.25, 0.3) is 0 Å². The van der Waals surface area contributed by atoms with E-state index in [4.69, 9.17) is 12.2 Å². The zero-order valence-electron chi connectivity index (χ0n) is 11.3. The van der Waals surface area contributed by atoms with Crippen molar-refractivity contribution in [3.63, 3.8) is 0 Å². The Kier molecular flexibility index (Phi) is 8.79. The Bertz CT molecular complexity index is 727. The van der Waals surface area contributed by atoms with Gasteiger partial charge in [0, 0.05) is 11.5 Å². The first kappa shape index (κ1) is 19.9. The molecule has 0 saturated carbocycles. The van der Waals surface area contributed by atoms with Crippen molar-refractivity contribution in [1.29, 1.82) is 0 Å². The Balaban J connectivity index is 0.00000220. The summed E-state index contributed by atoms with van der Waals surface area (Å²) in [5.74, 6) is 0.184. The van der Waals surface area contributed by atoms with E-state index < -0.39 is 10.1 Å². The van der Waals surface area contributed by atoms with Crippen LogP contribution < -0.4 is 51.4 Å². The van der Waals surface area contributed by atoms with Gasteiger partial charge in [0.1, 0.15) is 0 Å². The van der Waals surface area contributed by atoms with Gasteiger partial charge in [-0.3, -0.25) is 0 Å². The van der Waals surface area contributed by atoms with Crippen LogP contribution in [0.2, 0.25) is 0 Å². The van der Waals surface area contributed by atoms with Crippen LogP contribution in [0.5, 0.6) is 0 Å². The van der Waals surface area contributed by atoms with Crippen molar-refractivity contribution in [2.45, 2.75) is 10.8 Å². The fraction of sp³-hybridized carbons (Fsp3) is 0.273. The summed E-state index contributed by atoms with van der Waals surface area (Å²) < 4.78 is 34.5. The predicted octanol–water partition coefficient (Wildman–Crippen LogP) is -0.305. The molecule has 2 aromatic rings. The quantitative estimate of drug-likeness (QED) is 0.223. The van der Waals surface area contributed by atoms with Gasteiger partial charge in [-0.1, -0.05) is 41.3 Å². The van der Waals surface area contributed by atoms with Crippen molar-refractivity contribution in [3.05, 3.63) is 34.3 Å². The Morgan fingerprint density at radius 1 is 1.33 bits per heavy atom. The molecule has 0 aliphatic rings. The van der Waals surface area contributed by atoms with Gasteiger partial charge < -0.3 is 4.55 Å². The van der Waals surface area contributed by atoms with Gasteiger partial charge in [-0.05, 0) is 30.8 Å². The first-order valence-corrected chi connectivity index (χ1v) is 9.46. The molecule has 0 N–H and O–H groups in total. The first-order chi connectivity index (χ1) is 9.46. The molecular weight excluding hydrogens is 375 g/mol. The van der Waals surface area contributed by atoms with Crippen LogP contribution in [0, 0.1) is 3.95 Å². The summed E-state index contributed by atoms with van der Waals surface area (Å²) in [6.45, 7) is 0. The summed E-state index contributed by atoms with van der Waals surface area (Å²) in [6, 6.07) is 9.55. The SMILES string of the molecule is O=S(=O)([O-])CCCSc1nn(-c2ccccc2)c(=S)s1.[K+]. The molecule has 0 unspecified atom stereocenters. The second kappa shape index (κ2) is 9.26. The molecule has 108 valence electrons. The van der Waals surface area contributed by atoms with Crippen LogP contribution in [0.1, 0.15) is 6.42 Å². The number of hydrogen-bond donors (Lipinski definition) is 0. The Morgan fingerprint density at radius 3 is 2.62 bits per heavy atom. The summed E-state index contributed by atoms with van der Waals surface area (Å²) in [7, 11) is -4.13. The smallest absolute Gasteiger partial charge is 0.748 e. The summed E-state index contributed by atoms with van der Waals surface area (Å²) in [5, 5.41) is 4.38. The molecule has 21 heavy (non-hydrogen) atoms. The number of benzene rings is 1. The van der Waals surface area contributed by atoms with Crippen molar-refractivity contribution < 1.29 is 64.4 Å².